The molecule has 0 unspecified atom stereocenters. The number of aromatic nitrogens is 1. The van der Waals surface area contributed by atoms with Crippen molar-refractivity contribution in [1.29, 1.82) is 0 Å². The third-order valence-electron chi connectivity index (χ3n) is 2.56. The first kappa shape index (κ1) is 13.9. The first-order chi connectivity index (χ1) is 9.28. The van der Waals surface area contributed by atoms with Crippen molar-refractivity contribution < 1.29 is 4.39 Å². The van der Waals surface area contributed by atoms with Crippen molar-refractivity contribution in [3.8, 4) is 0 Å². The smallest absolute Gasteiger partial charge is 0.126 e. The van der Waals surface area contributed by atoms with Gasteiger partial charge in [0.15, 0.2) is 0 Å². The molecular formula is C15H17FN2S. The van der Waals surface area contributed by atoms with E-state index in [0.717, 1.165) is 35.1 Å². The Labute approximate surface area is 117 Å². The van der Waals surface area contributed by atoms with Crippen LogP contribution in [0.4, 0.5) is 10.2 Å². The molecule has 0 saturated carbocycles. The maximum atomic E-state index is 12.8. The highest BCUT2D eigenvalue weighted by Crippen LogP contribution is 2.22. The summed E-state index contributed by atoms with van der Waals surface area (Å²) < 4.78 is 12.8. The monoisotopic (exact) mass is 276 g/mol. The second kappa shape index (κ2) is 7.14. The minimum atomic E-state index is -0.201. The van der Waals surface area contributed by atoms with Crippen LogP contribution in [-0.4, -0.2) is 11.5 Å². The molecule has 100 valence electrons. The highest BCUT2D eigenvalue weighted by Gasteiger charge is 2.00. The van der Waals surface area contributed by atoms with Gasteiger partial charge in [-0.2, -0.15) is 0 Å². The normalized spacial score (nSPS) is 10.4. The van der Waals surface area contributed by atoms with Crippen molar-refractivity contribution in [3.05, 3.63) is 54.0 Å². The van der Waals surface area contributed by atoms with Gasteiger partial charge in [-0.3, -0.25) is 0 Å². The topological polar surface area (TPSA) is 24.9 Å². The summed E-state index contributed by atoms with van der Waals surface area (Å²) in [5.74, 6) is 1.50. The molecule has 0 bridgehead atoms. The Balaban J connectivity index is 1.93. The second-order valence-corrected chi connectivity index (χ2v) is 5.23. The van der Waals surface area contributed by atoms with E-state index in [-0.39, 0.29) is 5.82 Å². The number of anilines is 1. The maximum Gasteiger partial charge on any atom is 0.126 e. The van der Waals surface area contributed by atoms with Crippen LogP contribution in [0.1, 0.15) is 19.0 Å². The Hall–Kier alpha value is -1.55. The van der Waals surface area contributed by atoms with Crippen LogP contribution in [0.15, 0.2) is 47.4 Å². The van der Waals surface area contributed by atoms with Crippen LogP contribution in [0.2, 0.25) is 0 Å². The molecule has 0 spiro atoms. The van der Waals surface area contributed by atoms with Gasteiger partial charge in [0.05, 0.1) is 5.69 Å². The lowest BCUT2D eigenvalue weighted by atomic mass is 10.3. The van der Waals surface area contributed by atoms with E-state index < -0.39 is 0 Å². The Morgan fingerprint density at radius 1 is 1.16 bits per heavy atom. The fourth-order valence-electron chi connectivity index (χ4n) is 1.60. The van der Waals surface area contributed by atoms with Gasteiger partial charge in [0.1, 0.15) is 11.6 Å². The summed E-state index contributed by atoms with van der Waals surface area (Å²) in [7, 11) is 0. The minimum absolute atomic E-state index is 0.201. The van der Waals surface area contributed by atoms with Crippen molar-refractivity contribution in [2.24, 2.45) is 0 Å². The van der Waals surface area contributed by atoms with Crippen molar-refractivity contribution in [1.82, 2.24) is 4.98 Å². The number of hydrogen-bond acceptors (Lipinski definition) is 3. The minimum Gasteiger partial charge on any atom is -0.370 e. The molecule has 0 aliphatic rings. The van der Waals surface area contributed by atoms with E-state index >= 15 is 0 Å². The van der Waals surface area contributed by atoms with Crippen LogP contribution in [0, 0.1) is 5.82 Å². The zero-order chi connectivity index (χ0) is 13.5. The van der Waals surface area contributed by atoms with Crippen LogP contribution in [0.3, 0.4) is 0 Å². The van der Waals surface area contributed by atoms with Crippen LogP contribution in [0.25, 0.3) is 0 Å². The lowest BCUT2D eigenvalue weighted by Gasteiger charge is -2.06. The van der Waals surface area contributed by atoms with E-state index in [1.165, 1.54) is 12.1 Å². The summed E-state index contributed by atoms with van der Waals surface area (Å²) in [6.45, 7) is 3.06. The molecule has 0 amide bonds. The molecular weight excluding hydrogens is 259 g/mol. The molecule has 1 aromatic heterocycles. The number of nitrogens with zero attached hydrogens (tertiary/aromatic N) is 1. The van der Waals surface area contributed by atoms with Crippen molar-refractivity contribution in [2.75, 3.05) is 11.9 Å². The van der Waals surface area contributed by atoms with E-state index in [9.17, 15) is 4.39 Å². The second-order valence-electron chi connectivity index (χ2n) is 4.18. The quantitative estimate of drug-likeness (QED) is 0.795. The molecule has 1 aromatic carbocycles. The predicted octanol–water partition coefficient (Wildman–Crippen LogP) is 4.33. The van der Waals surface area contributed by atoms with E-state index in [1.807, 2.05) is 18.2 Å². The molecule has 1 heterocycles. The van der Waals surface area contributed by atoms with Crippen LogP contribution in [-0.2, 0) is 5.75 Å². The number of benzene rings is 1. The highest BCUT2D eigenvalue weighted by atomic mass is 32.2. The summed E-state index contributed by atoms with van der Waals surface area (Å²) in [5, 5.41) is 3.27. The van der Waals surface area contributed by atoms with Gasteiger partial charge in [-0.05, 0) is 42.8 Å². The average molecular weight is 276 g/mol. The van der Waals surface area contributed by atoms with Crippen LogP contribution in [0.5, 0.6) is 0 Å². The summed E-state index contributed by atoms with van der Waals surface area (Å²) in [5.41, 5.74) is 1.02. The van der Waals surface area contributed by atoms with E-state index in [2.05, 4.69) is 17.2 Å². The zero-order valence-electron chi connectivity index (χ0n) is 10.9. The lowest BCUT2D eigenvalue weighted by molar-refractivity contribution is 0.626. The van der Waals surface area contributed by atoms with Crippen molar-refractivity contribution in [2.45, 2.75) is 24.0 Å². The predicted molar refractivity (Wildman–Crippen MR) is 79.0 cm³/mol. The number of pyridine rings is 1. The molecule has 19 heavy (non-hydrogen) atoms. The van der Waals surface area contributed by atoms with Crippen LogP contribution < -0.4 is 5.32 Å². The summed E-state index contributed by atoms with van der Waals surface area (Å²) >= 11 is 1.66. The molecule has 2 nitrogen and oxygen atoms in total. The van der Waals surface area contributed by atoms with Gasteiger partial charge in [-0.1, -0.05) is 13.0 Å². The number of thioether (sulfide) groups is 1. The lowest BCUT2D eigenvalue weighted by Crippen LogP contribution is -2.02. The standard InChI is InChI=1S/C15H17FN2S/c1-2-10-17-15-5-3-4-13(18-15)11-19-14-8-6-12(16)7-9-14/h3-9H,2,10-11H2,1H3,(H,17,18). The molecule has 0 aliphatic carbocycles. The van der Waals surface area contributed by atoms with Gasteiger partial charge in [-0.25, -0.2) is 9.37 Å². The first-order valence-electron chi connectivity index (χ1n) is 6.36. The Bertz CT molecular complexity index is 514. The van der Waals surface area contributed by atoms with E-state index in [4.69, 9.17) is 0 Å². The molecule has 0 radical (unpaired) electrons. The van der Waals surface area contributed by atoms with E-state index in [1.54, 1.807) is 23.9 Å². The van der Waals surface area contributed by atoms with Gasteiger partial charge in [0.2, 0.25) is 0 Å². The molecule has 1 N–H and O–H groups in total. The van der Waals surface area contributed by atoms with Gasteiger partial charge in [0, 0.05) is 17.2 Å². The Morgan fingerprint density at radius 3 is 2.68 bits per heavy atom. The SMILES string of the molecule is CCCNc1cccc(CSc2ccc(F)cc2)n1. The van der Waals surface area contributed by atoms with Gasteiger partial charge >= 0.3 is 0 Å². The molecule has 2 rings (SSSR count). The van der Waals surface area contributed by atoms with Crippen molar-refractivity contribution in [3.63, 3.8) is 0 Å². The number of hydrogen-bond donors (Lipinski definition) is 1. The molecule has 0 atom stereocenters. The van der Waals surface area contributed by atoms with Gasteiger partial charge in [0.25, 0.3) is 0 Å². The molecule has 4 heteroatoms. The highest BCUT2D eigenvalue weighted by molar-refractivity contribution is 7.98. The third-order valence-corrected chi connectivity index (χ3v) is 3.61. The van der Waals surface area contributed by atoms with Crippen molar-refractivity contribution >= 4 is 17.6 Å². The Morgan fingerprint density at radius 2 is 1.95 bits per heavy atom. The first-order valence-corrected chi connectivity index (χ1v) is 7.34. The number of halogens is 1. The average Bonchev–Trinajstić information content (AvgIpc) is 2.45. The fraction of sp³-hybridized carbons (Fsp3) is 0.267. The summed E-state index contributed by atoms with van der Waals surface area (Å²) in [6.07, 6.45) is 1.08. The largest absolute Gasteiger partial charge is 0.370 e. The van der Waals surface area contributed by atoms with Crippen LogP contribution >= 0.6 is 11.8 Å². The van der Waals surface area contributed by atoms with Gasteiger partial charge in [-0.15, -0.1) is 11.8 Å². The van der Waals surface area contributed by atoms with Gasteiger partial charge < -0.3 is 5.32 Å². The maximum absolute atomic E-state index is 12.8. The molecule has 0 aliphatic heterocycles. The molecule has 0 fully saturated rings. The number of rotatable bonds is 6. The number of nitrogens with one attached hydrogen (secondary N) is 1. The molecule has 2 aromatic rings. The Kier molecular flexibility index (Phi) is 5.21. The third kappa shape index (κ3) is 4.56. The molecule has 0 saturated heterocycles. The summed E-state index contributed by atoms with van der Waals surface area (Å²) in [6, 6.07) is 12.5. The zero-order valence-corrected chi connectivity index (χ0v) is 11.7. The van der Waals surface area contributed by atoms with E-state index in [0.29, 0.717) is 0 Å². The summed E-state index contributed by atoms with van der Waals surface area (Å²) in [4.78, 5) is 5.59. The fourth-order valence-corrected chi connectivity index (χ4v) is 2.40.